The fourth-order valence-corrected chi connectivity index (χ4v) is 3.40. The van der Waals surface area contributed by atoms with Crippen LogP contribution in [-0.2, 0) is 6.54 Å². The van der Waals surface area contributed by atoms with Crippen molar-refractivity contribution in [2.75, 3.05) is 5.73 Å². The Hall–Kier alpha value is -2.87. The SMILES string of the molecule is C=CCn1c(N)cc(=O)nc1S[C@H](C)c1nc2ccccc2c(=O)[nH]1. The minimum Gasteiger partial charge on any atom is -0.385 e. The summed E-state index contributed by atoms with van der Waals surface area (Å²) in [5.74, 6) is 0.824. The highest BCUT2D eigenvalue weighted by Crippen LogP contribution is 2.32. The topological polar surface area (TPSA) is 107 Å². The number of anilines is 1. The largest absolute Gasteiger partial charge is 0.385 e. The number of thioether (sulfide) groups is 1. The molecular formula is C17H17N5O2S. The predicted molar refractivity (Wildman–Crippen MR) is 99.7 cm³/mol. The summed E-state index contributed by atoms with van der Waals surface area (Å²) in [6.07, 6.45) is 1.67. The number of H-pyrrole nitrogens is 1. The second kappa shape index (κ2) is 6.94. The van der Waals surface area contributed by atoms with Crippen LogP contribution in [0, 0.1) is 0 Å². The third-order valence-corrected chi connectivity index (χ3v) is 4.73. The van der Waals surface area contributed by atoms with Gasteiger partial charge in [0.25, 0.3) is 11.1 Å². The molecule has 2 aromatic heterocycles. The molecule has 3 aromatic rings. The Kier molecular flexibility index (Phi) is 4.71. The van der Waals surface area contributed by atoms with E-state index >= 15 is 0 Å². The molecule has 128 valence electrons. The standard InChI is InChI=1S/C17H17N5O2S/c1-3-8-22-13(18)9-14(23)20-17(22)25-10(2)15-19-12-7-5-4-6-11(12)16(24)21-15/h3-7,9-10H,1,8,18H2,2H3,(H,19,21,24)/t10-/m1/s1. The summed E-state index contributed by atoms with van der Waals surface area (Å²) in [6.45, 7) is 6.00. The number of para-hydroxylation sites is 1. The second-order valence-electron chi connectivity index (χ2n) is 5.43. The lowest BCUT2D eigenvalue weighted by atomic mass is 10.2. The van der Waals surface area contributed by atoms with Gasteiger partial charge in [-0.25, -0.2) is 4.98 Å². The van der Waals surface area contributed by atoms with E-state index in [4.69, 9.17) is 5.73 Å². The maximum Gasteiger partial charge on any atom is 0.275 e. The summed E-state index contributed by atoms with van der Waals surface area (Å²) in [6, 6.07) is 8.41. The third kappa shape index (κ3) is 3.48. The van der Waals surface area contributed by atoms with E-state index in [1.165, 1.54) is 17.8 Å². The molecule has 1 aromatic carbocycles. The highest BCUT2D eigenvalue weighted by atomic mass is 32.2. The fourth-order valence-electron chi connectivity index (χ4n) is 2.42. The first-order valence-corrected chi connectivity index (χ1v) is 8.51. The van der Waals surface area contributed by atoms with Gasteiger partial charge in [0, 0.05) is 12.6 Å². The zero-order valence-corrected chi connectivity index (χ0v) is 14.4. The van der Waals surface area contributed by atoms with Gasteiger partial charge in [0.15, 0.2) is 5.16 Å². The van der Waals surface area contributed by atoms with Crippen molar-refractivity contribution in [1.82, 2.24) is 19.5 Å². The molecule has 0 radical (unpaired) electrons. The molecule has 0 spiro atoms. The Morgan fingerprint density at radius 3 is 2.88 bits per heavy atom. The Labute approximate surface area is 147 Å². The fraction of sp³-hybridized carbons (Fsp3) is 0.176. The number of aromatic nitrogens is 4. The van der Waals surface area contributed by atoms with Crippen LogP contribution in [0.25, 0.3) is 10.9 Å². The molecule has 1 atom stereocenters. The van der Waals surface area contributed by atoms with E-state index in [1.807, 2.05) is 13.0 Å². The molecule has 0 bridgehead atoms. The Bertz CT molecular complexity index is 1060. The molecule has 7 nitrogen and oxygen atoms in total. The average molecular weight is 355 g/mol. The number of nitrogen functional groups attached to an aromatic ring is 1. The molecular weight excluding hydrogens is 338 g/mol. The highest BCUT2D eigenvalue weighted by molar-refractivity contribution is 7.99. The number of hydrogen-bond donors (Lipinski definition) is 2. The molecule has 0 amide bonds. The molecule has 8 heteroatoms. The van der Waals surface area contributed by atoms with Crippen LogP contribution in [0.15, 0.2) is 57.7 Å². The van der Waals surface area contributed by atoms with Gasteiger partial charge in [0.1, 0.15) is 11.6 Å². The molecule has 2 heterocycles. The number of hydrogen-bond acceptors (Lipinski definition) is 6. The summed E-state index contributed by atoms with van der Waals surface area (Å²) >= 11 is 1.30. The molecule has 3 N–H and O–H groups in total. The van der Waals surface area contributed by atoms with Crippen molar-refractivity contribution < 1.29 is 0 Å². The first-order valence-electron chi connectivity index (χ1n) is 7.63. The minimum atomic E-state index is -0.410. The predicted octanol–water partition coefficient (Wildman–Crippen LogP) is 2.10. The Morgan fingerprint density at radius 2 is 2.12 bits per heavy atom. The van der Waals surface area contributed by atoms with Gasteiger partial charge < -0.3 is 15.3 Å². The van der Waals surface area contributed by atoms with E-state index in [2.05, 4.69) is 21.5 Å². The van der Waals surface area contributed by atoms with Crippen molar-refractivity contribution in [1.29, 1.82) is 0 Å². The van der Waals surface area contributed by atoms with Gasteiger partial charge in [-0.05, 0) is 19.1 Å². The summed E-state index contributed by atoms with van der Waals surface area (Å²) in [4.78, 5) is 35.3. The van der Waals surface area contributed by atoms with Crippen LogP contribution in [0.1, 0.15) is 18.0 Å². The Morgan fingerprint density at radius 1 is 1.36 bits per heavy atom. The van der Waals surface area contributed by atoms with E-state index < -0.39 is 5.56 Å². The monoisotopic (exact) mass is 355 g/mol. The number of nitrogens with two attached hydrogens (primary N) is 1. The third-order valence-electron chi connectivity index (χ3n) is 3.63. The molecule has 0 saturated heterocycles. The van der Waals surface area contributed by atoms with Gasteiger partial charge in [0.2, 0.25) is 0 Å². The Balaban J connectivity index is 2.00. The number of nitrogens with one attached hydrogen (secondary N) is 1. The van der Waals surface area contributed by atoms with E-state index in [-0.39, 0.29) is 10.8 Å². The molecule has 0 aliphatic carbocycles. The van der Waals surface area contributed by atoms with Crippen LogP contribution in [-0.4, -0.2) is 19.5 Å². The normalized spacial score (nSPS) is 12.2. The van der Waals surface area contributed by atoms with Crippen LogP contribution >= 0.6 is 11.8 Å². The molecule has 0 fully saturated rings. The van der Waals surface area contributed by atoms with Crippen molar-refractivity contribution >= 4 is 28.5 Å². The lowest BCUT2D eigenvalue weighted by Gasteiger charge is -2.16. The van der Waals surface area contributed by atoms with Gasteiger partial charge in [-0.2, -0.15) is 4.98 Å². The molecule has 3 rings (SSSR count). The van der Waals surface area contributed by atoms with Gasteiger partial charge in [-0.15, -0.1) is 6.58 Å². The lowest BCUT2D eigenvalue weighted by Crippen LogP contribution is -2.18. The zero-order chi connectivity index (χ0) is 18.0. The minimum absolute atomic E-state index is 0.197. The van der Waals surface area contributed by atoms with Crippen molar-refractivity contribution in [2.45, 2.75) is 23.9 Å². The maximum atomic E-state index is 12.2. The van der Waals surface area contributed by atoms with Crippen LogP contribution in [0.3, 0.4) is 0 Å². The van der Waals surface area contributed by atoms with Gasteiger partial charge in [0.05, 0.1) is 16.2 Å². The summed E-state index contributed by atoms with van der Waals surface area (Å²) in [5.41, 5.74) is 5.93. The van der Waals surface area contributed by atoms with E-state index in [0.717, 1.165) is 0 Å². The first-order chi connectivity index (χ1) is 12.0. The van der Waals surface area contributed by atoms with E-state index in [0.29, 0.717) is 34.2 Å². The van der Waals surface area contributed by atoms with Crippen LogP contribution in [0.4, 0.5) is 5.82 Å². The van der Waals surface area contributed by atoms with Crippen molar-refractivity contribution in [2.24, 2.45) is 0 Å². The van der Waals surface area contributed by atoms with Crippen LogP contribution < -0.4 is 16.9 Å². The van der Waals surface area contributed by atoms with Crippen molar-refractivity contribution in [3.8, 4) is 0 Å². The average Bonchev–Trinajstić information content (AvgIpc) is 2.58. The van der Waals surface area contributed by atoms with Gasteiger partial charge >= 0.3 is 0 Å². The summed E-state index contributed by atoms with van der Waals surface area (Å²) in [5, 5.41) is 0.754. The number of benzene rings is 1. The first kappa shape index (κ1) is 17.0. The lowest BCUT2D eigenvalue weighted by molar-refractivity contribution is 0.685. The number of aromatic amines is 1. The van der Waals surface area contributed by atoms with Crippen molar-refractivity contribution in [3.63, 3.8) is 0 Å². The summed E-state index contributed by atoms with van der Waals surface area (Å²) in [7, 11) is 0. The van der Waals surface area contributed by atoms with Crippen LogP contribution in [0.5, 0.6) is 0 Å². The smallest absolute Gasteiger partial charge is 0.275 e. The molecule has 0 saturated carbocycles. The quantitative estimate of drug-likeness (QED) is 0.412. The number of rotatable bonds is 5. The molecule has 25 heavy (non-hydrogen) atoms. The van der Waals surface area contributed by atoms with Crippen molar-refractivity contribution in [3.05, 3.63) is 69.5 Å². The van der Waals surface area contributed by atoms with E-state index in [1.54, 1.807) is 28.8 Å². The second-order valence-corrected chi connectivity index (χ2v) is 6.74. The van der Waals surface area contributed by atoms with Crippen LogP contribution in [0.2, 0.25) is 0 Å². The number of nitrogens with zero attached hydrogens (tertiary/aromatic N) is 3. The highest BCUT2D eigenvalue weighted by Gasteiger charge is 2.16. The molecule has 0 aliphatic rings. The van der Waals surface area contributed by atoms with E-state index in [9.17, 15) is 9.59 Å². The maximum absolute atomic E-state index is 12.2. The number of fused-ring (bicyclic) bond motifs is 1. The summed E-state index contributed by atoms with van der Waals surface area (Å²) < 4.78 is 1.69. The van der Waals surface area contributed by atoms with Gasteiger partial charge in [-0.3, -0.25) is 9.59 Å². The molecule has 0 unspecified atom stereocenters. The molecule has 0 aliphatic heterocycles. The van der Waals surface area contributed by atoms with Gasteiger partial charge in [-0.1, -0.05) is 30.0 Å². The zero-order valence-electron chi connectivity index (χ0n) is 13.6. The number of allylic oxidation sites excluding steroid dienone is 1.